The molecule has 6 rings (SSSR count). The Balaban J connectivity index is 1.32. The fourth-order valence-corrected chi connectivity index (χ4v) is 6.46. The van der Waals surface area contributed by atoms with Crippen LogP contribution in [0.3, 0.4) is 0 Å². The van der Waals surface area contributed by atoms with Gasteiger partial charge >= 0.3 is 0 Å². The second kappa shape index (κ2) is 8.75. The molecule has 2 aromatic carbocycles. The van der Waals surface area contributed by atoms with Gasteiger partial charge in [-0.05, 0) is 91.4 Å². The standard InChI is InChI=1S/C28H36O2/c1-3-19(2)23-9-11-26(12-10-23)29-27(18-20-7-5-4-6-8-20)30-28-24-14-21-13-22(16-24)17-25(28)15-21/h4-12,19,21-22,24-25,27-28H,3,13-18H2,1-2H3. The van der Waals surface area contributed by atoms with Gasteiger partial charge in [0.1, 0.15) is 5.75 Å². The maximum Gasteiger partial charge on any atom is 0.204 e. The Morgan fingerprint density at radius 1 is 0.833 bits per heavy atom. The van der Waals surface area contributed by atoms with Gasteiger partial charge < -0.3 is 9.47 Å². The fraction of sp³-hybridized carbons (Fsp3) is 0.571. The molecule has 0 aromatic heterocycles. The molecule has 4 saturated carbocycles. The topological polar surface area (TPSA) is 18.5 Å². The van der Waals surface area contributed by atoms with Crippen LogP contribution in [-0.2, 0) is 11.2 Å². The molecule has 2 unspecified atom stereocenters. The predicted molar refractivity (Wildman–Crippen MR) is 122 cm³/mol. The zero-order valence-electron chi connectivity index (χ0n) is 18.5. The summed E-state index contributed by atoms with van der Waals surface area (Å²) in [5.74, 6) is 4.94. The van der Waals surface area contributed by atoms with E-state index in [9.17, 15) is 0 Å². The molecule has 2 atom stereocenters. The van der Waals surface area contributed by atoms with Crippen LogP contribution >= 0.6 is 0 Å². The van der Waals surface area contributed by atoms with Crippen molar-refractivity contribution in [2.24, 2.45) is 23.7 Å². The summed E-state index contributed by atoms with van der Waals surface area (Å²) in [5.41, 5.74) is 2.66. The highest BCUT2D eigenvalue weighted by molar-refractivity contribution is 5.29. The van der Waals surface area contributed by atoms with E-state index in [1.165, 1.54) is 43.2 Å². The Morgan fingerprint density at radius 3 is 2.07 bits per heavy atom. The summed E-state index contributed by atoms with van der Waals surface area (Å²) in [5, 5.41) is 0. The third-order valence-electron chi connectivity index (χ3n) is 8.02. The third-order valence-corrected chi connectivity index (χ3v) is 8.02. The molecule has 160 valence electrons. The van der Waals surface area contributed by atoms with E-state index in [2.05, 4.69) is 68.4 Å². The van der Waals surface area contributed by atoms with Crippen LogP contribution in [0.1, 0.15) is 69.4 Å². The van der Waals surface area contributed by atoms with Crippen molar-refractivity contribution >= 4 is 0 Å². The Hall–Kier alpha value is -1.80. The lowest BCUT2D eigenvalue weighted by atomic mass is 9.55. The Morgan fingerprint density at radius 2 is 1.47 bits per heavy atom. The van der Waals surface area contributed by atoms with E-state index >= 15 is 0 Å². The fourth-order valence-electron chi connectivity index (χ4n) is 6.46. The summed E-state index contributed by atoms with van der Waals surface area (Å²) in [6.07, 6.45) is 9.10. The van der Waals surface area contributed by atoms with Crippen molar-refractivity contribution in [1.82, 2.24) is 0 Å². The van der Waals surface area contributed by atoms with Gasteiger partial charge in [-0.2, -0.15) is 0 Å². The monoisotopic (exact) mass is 404 g/mol. The molecule has 0 heterocycles. The summed E-state index contributed by atoms with van der Waals surface area (Å²) in [6, 6.07) is 19.3. The summed E-state index contributed by atoms with van der Waals surface area (Å²) in [7, 11) is 0. The van der Waals surface area contributed by atoms with Crippen molar-refractivity contribution < 1.29 is 9.47 Å². The van der Waals surface area contributed by atoms with Crippen molar-refractivity contribution in [1.29, 1.82) is 0 Å². The number of hydrogen-bond acceptors (Lipinski definition) is 2. The molecule has 4 bridgehead atoms. The molecule has 0 saturated heterocycles. The molecule has 0 N–H and O–H groups in total. The van der Waals surface area contributed by atoms with Gasteiger partial charge in [-0.3, -0.25) is 0 Å². The molecule has 0 radical (unpaired) electrons. The van der Waals surface area contributed by atoms with Gasteiger partial charge in [-0.15, -0.1) is 0 Å². The van der Waals surface area contributed by atoms with Crippen molar-refractivity contribution in [3.05, 3.63) is 65.7 Å². The van der Waals surface area contributed by atoms with Crippen LogP contribution in [-0.4, -0.2) is 12.4 Å². The van der Waals surface area contributed by atoms with E-state index in [0.29, 0.717) is 12.0 Å². The van der Waals surface area contributed by atoms with Crippen LogP contribution in [0.2, 0.25) is 0 Å². The second-order valence-corrected chi connectivity index (χ2v) is 10.1. The normalized spacial score (nSPS) is 31.5. The Labute approximate surface area is 182 Å². The average molecular weight is 405 g/mol. The quantitative estimate of drug-likeness (QED) is 0.441. The maximum atomic E-state index is 6.81. The highest BCUT2D eigenvalue weighted by Gasteiger charge is 2.49. The van der Waals surface area contributed by atoms with Gasteiger partial charge in [0, 0.05) is 6.42 Å². The van der Waals surface area contributed by atoms with Crippen LogP contribution in [0.5, 0.6) is 5.75 Å². The minimum absolute atomic E-state index is 0.218. The number of rotatable bonds is 8. The summed E-state index contributed by atoms with van der Waals surface area (Å²) >= 11 is 0. The van der Waals surface area contributed by atoms with Gasteiger partial charge in [-0.1, -0.05) is 56.3 Å². The van der Waals surface area contributed by atoms with Crippen LogP contribution in [0.4, 0.5) is 0 Å². The minimum atomic E-state index is -0.218. The average Bonchev–Trinajstić information content (AvgIpc) is 2.76. The van der Waals surface area contributed by atoms with Crippen molar-refractivity contribution in [2.75, 3.05) is 0 Å². The number of hydrogen-bond donors (Lipinski definition) is 0. The lowest BCUT2D eigenvalue weighted by Gasteiger charge is -2.54. The van der Waals surface area contributed by atoms with E-state index in [0.717, 1.165) is 42.3 Å². The third kappa shape index (κ3) is 4.30. The van der Waals surface area contributed by atoms with E-state index < -0.39 is 0 Å². The summed E-state index contributed by atoms with van der Waals surface area (Å²) < 4.78 is 13.3. The lowest BCUT2D eigenvalue weighted by Crippen LogP contribution is -2.51. The largest absolute Gasteiger partial charge is 0.465 e. The minimum Gasteiger partial charge on any atom is -0.465 e. The van der Waals surface area contributed by atoms with E-state index in [-0.39, 0.29) is 6.29 Å². The predicted octanol–water partition coefficient (Wildman–Crippen LogP) is 6.99. The van der Waals surface area contributed by atoms with E-state index in [1.54, 1.807) is 0 Å². The molecule has 30 heavy (non-hydrogen) atoms. The summed E-state index contributed by atoms with van der Waals surface area (Å²) in [6.45, 7) is 4.52. The molecule has 0 amide bonds. The molecule has 0 aliphatic heterocycles. The molecule has 4 fully saturated rings. The molecule has 4 aliphatic carbocycles. The smallest absolute Gasteiger partial charge is 0.204 e. The SMILES string of the molecule is CCC(C)c1ccc(OC(Cc2ccccc2)OC2C3CC4CC(C3)CC2C4)cc1. The molecule has 2 heteroatoms. The second-order valence-electron chi connectivity index (χ2n) is 10.1. The zero-order valence-corrected chi connectivity index (χ0v) is 18.5. The van der Waals surface area contributed by atoms with Crippen molar-refractivity contribution in [2.45, 2.75) is 77.1 Å². The molecule has 2 aromatic rings. The molecule has 4 aliphatic rings. The summed E-state index contributed by atoms with van der Waals surface area (Å²) in [4.78, 5) is 0. The van der Waals surface area contributed by atoms with Crippen LogP contribution in [0.25, 0.3) is 0 Å². The van der Waals surface area contributed by atoms with Crippen LogP contribution < -0.4 is 4.74 Å². The highest BCUT2D eigenvalue weighted by Crippen LogP contribution is 2.55. The Kier molecular flexibility index (Phi) is 5.87. The van der Waals surface area contributed by atoms with Crippen molar-refractivity contribution in [3.8, 4) is 5.75 Å². The molecular formula is C28H36O2. The van der Waals surface area contributed by atoms with Gasteiger partial charge in [0.05, 0.1) is 6.10 Å². The first-order valence-electron chi connectivity index (χ1n) is 12.1. The van der Waals surface area contributed by atoms with Gasteiger partial charge in [0.25, 0.3) is 0 Å². The first-order valence-corrected chi connectivity index (χ1v) is 12.1. The van der Waals surface area contributed by atoms with Crippen LogP contribution in [0, 0.1) is 23.7 Å². The van der Waals surface area contributed by atoms with Gasteiger partial charge in [-0.25, -0.2) is 0 Å². The Bertz CT molecular complexity index is 784. The van der Waals surface area contributed by atoms with Gasteiger partial charge in [0.2, 0.25) is 6.29 Å². The maximum absolute atomic E-state index is 6.81. The van der Waals surface area contributed by atoms with Crippen LogP contribution in [0.15, 0.2) is 54.6 Å². The first-order chi connectivity index (χ1) is 14.7. The zero-order chi connectivity index (χ0) is 20.5. The van der Waals surface area contributed by atoms with Gasteiger partial charge in [0.15, 0.2) is 0 Å². The lowest BCUT2D eigenvalue weighted by molar-refractivity contribution is -0.197. The molecular weight excluding hydrogens is 368 g/mol. The number of benzene rings is 2. The molecule has 2 nitrogen and oxygen atoms in total. The number of ether oxygens (including phenoxy) is 2. The first kappa shape index (κ1) is 20.1. The van der Waals surface area contributed by atoms with E-state index in [1.807, 2.05) is 0 Å². The highest BCUT2D eigenvalue weighted by atomic mass is 16.7. The molecule has 0 spiro atoms. The van der Waals surface area contributed by atoms with E-state index in [4.69, 9.17) is 9.47 Å². The van der Waals surface area contributed by atoms with Crippen molar-refractivity contribution in [3.63, 3.8) is 0 Å².